The molecule has 0 radical (unpaired) electrons. The lowest BCUT2D eigenvalue weighted by Gasteiger charge is -2.11. The fourth-order valence-electron chi connectivity index (χ4n) is 4.64. The third kappa shape index (κ3) is 4.17. The van der Waals surface area contributed by atoms with E-state index in [1.54, 1.807) is 0 Å². The van der Waals surface area contributed by atoms with E-state index in [9.17, 15) is 0 Å². The van der Waals surface area contributed by atoms with Crippen LogP contribution >= 0.6 is 15.9 Å². The Bertz CT molecular complexity index is 1910. The molecule has 0 aliphatic heterocycles. The van der Waals surface area contributed by atoms with Gasteiger partial charge in [-0.05, 0) is 59.7 Å². The number of hydrogen-bond donors (Lipinski definition) is 0. The number of para-hydroxylation sites is 2. The SMILES string of the molecule is Brc1ccc(-c2nc3ccccc3nc2-c2ccc(-c3ccc4oc(-c5ccccc5)nc4c3)cc2)cc1. The molecule has 180 valence electrons. The van der Waals surface area contributed by atoms with Crippen LogP contribution in [0.2, 0.25) is 0 Å². The summed E-state index contributed by atoms with van der Waals surface area (Å²) in [6, 6.07) is 40.7. The molecule has 38 heavy (non-hydrogen) atoms. The molecule has 0 saturated heterocycles. The highest BCUT2D eigenvalue weighted by Crippen LogP contribution is 2.34. The van der Waals surface area contributed by atoms with E-state index in [2.05, 4.69) is 64.5 Å². The van der Waals surface area contributed by atoms with E-state index in [4.69, 9.17) is 19.4 Å². The first-order valence-corrected chi connectivity index (χ1v) is 13.1. The predicted octanol–water partition coefficient (Wildman–Crippen LogP) is 9.20. The number of aromatic nitrogens is 3. The summed E-state index contributed by atoms with van der Waals surface area (Å²) in [5.74, 6) is 0.628. The van der Waals surface area contributed by atoms with E-state index < -0.39 is 0 Å². The average Bonchev–Trinajstić information content (AvgIpc) is 3.41. The highest BCUT2D eigenvalue weighted by atomic mass is 79.9. The zero-order chi connectivity index (χ0) is 25.5. The largest absolute Gasteiger partial charge is 0.436 e. The van der Waals surface area contributed by atoms with Crippen LogP contribution in [0.4, 0.5) is 0 Å². The molecule has 0 aliphatic carbocycles. The Morgan fingerprint density at radius 2 is 1.00 bits per heavy atom. The van der Waals surface area contributed by atoms with Crippen LogP contribution in [-0.4, -0.2) is 15.0 Å². The van der Waals surface area contributed by atoms with Gasteiger partial charge in [0.15, 0.2) is 5.58 Å². The maximum Gasteiger partial charge on any atom is 0.227 e. The Balaban J connectivity index is 1.28. The summed E-state index contributed by atoms with van der Waals surface area (Å²) < 4.78 is 7.02. The molecule has 0 spiro atoms. The van der Waals surface area contributed by atoms with E-state index in [1.807, 2.05) is 72.8 Å². The number of oxazole rings is 1. The van der Waals surface area contributed by atoms with Crippen molar-refractivity contribution in [2.75, 3.05) is 0 Å². The van der Waals surface area contributed by atoms with E-state index in [0.29, 0.717) is 5.89 Å². The summed E-state index contributed by atoms with van der Waals surface area (Å²) in [6.45, 7) is 0. The number of fused-ring (bicyclic) bond motifs is 2. The zero-order valence-corrected chi connectivity index (χ0v) is 21.8. The quantitative estimate of drug-likeness (QED) is 0.218. The highest BCUT2D eigenvalue weighted by Gasteiger charge is 2.14. The molecule has 4 nitrogen and oxygen atoms in total. The second-order valence-corrected chi connectivity index (χ2v) is 9.98. The Kier molecular flexibility index (Phi) is 5.56. The van der Waals surface area contributed by atoms with E-state index in [-0.39, 0.29) is 0 Å². The number of halogens is 1. The Labute approximate surface area is 227 Å². The summed E-state index contributed by atoms with van der Waals surface area (Å²) in [7, 11) is 0. The van der Waals surface area contributed by atoms with Crippen molar-refractivity contribution in [2.24, 2.45) is 0 Å². The van der Waals surface area contributed by atoms with Crippen LogP contribution in [0.1, 0.15) is 0 Å². The fourth-order valence-corrected chi connectivity index (χ4v) is 4.91. The van der Waals surface area contributed by atoms with Crippen molar-refractivity contribution < 1.29 is 4.42 Å². The smallest absolute Gasteiger partial charge is 0.227 e. The first kappa shape index (κ1) is 22.6. The van der Waals surface area contributed by atoms with Crippen LogP contribution in [0.3, 0.4) is 0 Å². The molecule has 5 heteroatoms. The van der Waals surface area contributed by atoms with Gasteiger partial charge in [0.05, 0.1) is 22.4 Å². The van der Waals surface area contributed by atoms with Crippen LogP contribution in [0, 0.1) is 0 Å². The first-order chi connectivity index (χ1) is 18.7. The standard InChI is InChI=1S/C33H20BrN3O/c34-26-17-14-23(15-18-26)32-31(35-27-8-4-5-9-28(27)36-32)22-12-10-21(11-13-22)25-16-19-30-29(20-25)37-33(38-30)24-6-2-1-3-7-24/h1-20H. The van der Waals surface area contributed by atoms with Crippen LogP contribution < -0.4 is 0 Å². The topological polar surface area (TPSA) is 51.8 Å². The number of nitrogens with zero attached hydrogens (tertiary/aromatic N) is 3. The maximum absolute atomic E-state index is 5.99. The summed E-state index contributed by atoms with van der Waals surface area (Å²) in [5, 5.41) is 0. The van der Waals surface area contributed by atoms with Crippen LogP contribution in [0.5, 0.6) is 0 Å². The lowest BCUT2D eigenvalue weighted by atomic mass is 9.99. The van der Waals surface area contributed by atoms with Gasteiger partial charge in [0.1, 0.15) is 5.52 Å². The molecule has 5 aromatic carbocycles. The third-order valence-electron chi connectivity index (χ3n) is 6.59. The van der Waals surface area contributed by atoms with Crippen molar-refractivity contribution in [2.45, 2.75) is 0 Å². The monoisotopic (exact) mass is 553 g/mol. The van der Waals surface area contributed by atoms with E-state index in [0.717, 1.165) is 65.8 Å². The second kappa shape index (κ2) is 9.36. The predicted molar refractivity (Wildman–Crippen MR) is 157 cm³/mol. The number of rotatable bonds is 4. The Morgan fingerprint density at radius 3 is 1.66 bits per heavy atom. The molecule has 0 unspecified atom stereocenters. The lowest BCUT2D eigenvalue weighted by Crippen LogP contribution is -1.95. The molecule has 0 bridgehead atoms. The normalized spacial score (nSPS) is 11.3. The molecule has 0 saturated carbocycles. The summed E-state index contributed by atoms with van der Waals surface area (Å²) in [4.78, 5) is 14.7. The number of benzene rings is 5. The second-order valence-electron chi connectivity index (χ2n) is 9.06. The Morgan fingerprint density at radius 1 is 0.447 bits per heavy atom. The van der Waals surface area contributed by atoms with Gasteiger partial charge in [0, 0.05) is 21.2 Å². The summed E-state index contributed by atoms with van der Waals surface area (Å²) in [6.07, 6.45) is 0. The van der Waals surface area contributed by atoms with Crippen LogP contribution in [0.15, 0.2) is 130 Å². The highest BCUT2D eigenvalue weighted by molar-refractivity contribution is 9.10. The minimum Gasteiger partial charge on any atom is -0.436 e. The molecule has 7 aromatic rings. The van der Waals surface area contributed by atoms with Crippen molar-refractivity contribution in [1.82, 2.24) is 15.0 Å². The summed E-state index contributed by atoms with van der Waals surface area (Å²) in [5.41, 5.74) is 10.3. The van der Waals surface area contributed by atoms with Gasteiger partial charge in [-0.15, -0.1) is 0 Å². The van der Waals surface area contributed by atoms with Crippen molar-refractivity contribution in [3.63, 3.8) is 0 Å². The first-order valence-electron chi connectivity index (χ1n) is 12.3. The van der Waals surface area contributed by atoms with Gasteiger partial charge in [-0.3, -0.25) is 0 Å². The average molecular weight is 554 g/mol. The van der Waals surface area contributed by atoms with Gasteiger partial charge >= 0.3 is 0 Å². The van der Waals surface area contributed by atoms with Gasteiger partial charge in [-0.2, -0.15) is 0 Å². The van der Waals surface area contributed by atoms with Gasteiger partial charge in [-0.25, -0.2) is 15.0 Å². The third-order valence-corrected chi connectivity index (χ3v) is 7.12. The minimum absolute atomic E-state index is 0.628. The zero-order valence-electron chi connectivity index (χ0n) is 20.2. The molecule has 0 aliphatic rings. The Hall–Kier alpha value is -4.61. The van der Waals surface area contributed by atoms with Gasteiger partial charge in [0.25, 0.3) is 0 Å². The van der Waals surface area contributed by atoms with Crippen LogP contribution in [0.25, 0.3) is 67.2 Å². The minimum atomic E-state index is 0.628. The maximum atomic E-state index is 5.99. The molecular formula is C33H20BrN3O. The fraction of sp³-hybridized carbons (Fsp3) is 0. The molecule has 2 aromatic heterocycles. The van der Waals surface area contributed by atoms with Gasteiger partial charge in [-0.1, -0.05) is 88.7 Å². The van der Waals surface area contributed by atoms with Crippen LogP contribution in [-0.2, 0) is 0 Å². The van der Waals surface area contributed by atoms with Gasteiger partial charge < -0.3 is 4.42 Å². The molecule has 0 amide bonds. The van der Waals surface area contributed by atoms with E-state index >= 15 is 0 Å². The molecular weight excluding hydrogens is 534 g/mol. The van der Waals surface area contributed by atoms with Crippen molar-refractivity contribution >= 4 is 38.1 Å². The molecule has 7 rings (SSSR count). The molecule has 2 heterocycles. The lowest BCUT2D eigenvalue weighted by molar-refractivity contribution is 0.620. The van der Waals surface area contributed by atoms with Crippen molar-refractivity contribution in [3.8, 4) is 45.1 Å². The molecule has 0 N–H and O–H groups in total. The van der Waals surface area contributed by atoms with Crippen molar-refractivity contribution in [1.29, 1.82) is 0 Å². The van der Waals surface area contributed by atoms with Crippen molar-refractivity contribution in [3.05, 3.63) is 126 Å². The number of hydrogen-bond acceptors (Lipinski definition) is 4. The molecule has 0 atom stereocenters. The summed E-state index contributed by atoms with van der Waals surface area (Å²) >= 11 is 3.53. The molecule has 0 fully saturated rings. The van der Waals surface area contributed by atoms with E-state index in [1.165, 1.54) is 0 Å². The van der Waals surface area contributed by atoms with Gasteiger partial charge in [0.2, 0.25) is 5.89 Å².